The normalized spacial score (nSPS) is 23.8. The third-order valence-electron chi connectivity index (χ3n) is 4.35. The quantitative estimate of drug-likeness (QED) is 0.732. The maximum Gasteiger partial charge on any atom is 0.103 e. The number of rotatable bonds is 8. The van der Waals surface area contributed by atoms with Crippen LogP contribution in [0.3, 0.4) is 0 Å². The van der Waals surface area contributed by atoms with E-state index in [1.54, 1.807) is 0 Å². The summed E-state index contributed by atoms with van der Waals surface area (Å²) in [5.41, 5.74) is -0.340. The van der Waals surface area contributed by atoms with Crippen LogP contribution in [0.1, 0.15) is 65.7 Å². The number of nitriles is 1. The van der Waals surface area contributed by atoms with E-state index in [2.05, 4.69) is 30.1 Å². The highest BCUT2D eigenvalue weighted by Crippen LogP contribution is 2.21. The Morgan fingerprint density at radius 2 is 2.16 bits per heavy atom. The highest BCUT2D eigenvalue weighted by molar-refractivity contribution is 5.03. The van der Waals surface area contributed by atoms with Gasteiger partial charge < -0.3 is 4.90 Å². The fourth-order valence-electron chi connectivity index (χ4n) is 3.04. The summed E-state index contributed by atoms with van der Waals surface area (Å²) in [6, 6.07) is 3.23. The summed E-state index contributed by atoms with van der Waals surface area (Å²) in [5, 5.41) is 12.7. The van der Waals surface area contributed by atoms with Crippen LogP contribution < -0.4 is 5.32 Å². The molecule has 0 aromatic heterocycles. The zero-order valence-corrected chi connectivity index (χ0v) is 13.0. The number of likely N-dealkylation sites (tertiary alicyclic amines) is 1. The summed E-state index contributed by atoms with van der Waals surface area (Å²) in [4.78, 5) is 2.64. The molecule has 1 fully saturated rings. The molecule has 0 aromatic carbocycles. The second kappa shape index (κ2) is 8.55. The average Bonchev–Trinajstić information content (AvgIpc) is 2.45. The lowest BCUT2D eigenvalue weighted by atomic mass is 9.95. The Morgan fingerprint density at radius 1 is 1.37 bits per heavy atom. The van der Waals surface area contributed by atoms with E-state index in [0.29, 0.717) is 0 Å². The number of piperidine rings is 1. The Kier molecular flexibility index (Phi) is 7.41. The molecule has 3 nitrogen and oxygen atoms in total. The number of hydrogen-bond donors (Lipinski definition) is 1. The molecule has 1 aliphatic rings. The van der Waals surface area contributed by atoms with Crippen molar-refractivity contribution in [2.24, 2.45) is 0 Å². The molecule has 0 saturated carbocycles. The van der Waals surface area contributed by atoms with E-state index in [-0.39, 0.29) is 5.54 Å². The van der Waals surface area contributed by atoms with E-state index in [9.17, 15) is 5.26 Å². The Bertz CT molecular complexity index is 284. The molecule has 1 aliphatic heterocycles. The minimum absolute atomic E-state index is 0.340. The van der Waals surface area contributed by atoms with E-state index in [0.717, 1.165) is 38.4 Å². The van der Waals surface area contributed by atoms with E-state index < -0.39 is 0 Å². The predicted octanol–water partition coefficient (Wildman–Crippen LogP) is 3.31. The van der Waals surface area contributed by atoms with Gasteiger partial charge in [-0.3, -0.25) is 5.32 Å². The van der Waals surface area contributed by atoms with Crippen molar-refractivity contribution in [3.8, 4) is 6.07 Å². The van der Waals surface area contributed by atoms with Crippen LogP contribution in [-0.2, 0) is 0 Å². The van der Waals surface area contributed by atoms with Crippen LogP contribution in [0.2, 0.25) is 0 Å². The smallest absolute Gasteiger partial charge is 0.103 e. The standard InChI is InChI=1S/C16H31N3/c1-4-11-18-16(3,14-17)10-8-13-19-12-7-6-9-15(19)5-2/h15,18H,4-13H2,1-3H3. The lowest BCUT2D eigenvalue weighted by Gasteiger charge is -2.35. The van der Waals surface area contributed by atoms with E-state index in [1.807, 2.05) is 6.92 Å². The van der Waals surface area contributed by atoms with Gasteiger partial charge in [-0.25, -0.2) is 0 Å². The van der Waals surface area contributed by atoms with Crippen LogP contribution in [0, 0.1) is 11.3 Å². The van der Waals surface area contributed by atoms with Gasteiger partial charge in [0.05, 0.1) is 6.07 Å². The molecular formula is C16H31N3. The van der Waals surface area contributed by atoms with Crippen molar-refractivity contribution in [1.82, 2.24) is 10.2 Å². The van der Waals surface area contributed by atoms with Gasteiger partial charge in [-0.15, -0.1) is 0 Å². The van der Waals surface area contributed by atoms with Gasteiger partial charge in [-0.1, -0.05) is 20.3 Å². The van der Waals surface area contributed by atoms with Crippen molar-refractivity contribution in [2.75, 3.05) is 19.6 Å². The van der Waals surface area contributed by atoms with Crippen LogP contribution in [-0.4, -0.2) is 36.1 Å². The van der Waals surface area contributed by atoms with Crippen molar-refractivity contribution in [3.05, 3.63) is 0 Å². The second-order valence-electron chi connectivity index (χ2n) is 6.07. The molecular weight excluding hydrogens is 234 g/mol. The molecule has 1 saturated heterocycles. The van der Waals surface area contributed by atoms with Gasteiger partial charge in [0.1, 0.15) is 5.54 Å². The fraction of sp³-hybridized carbons (Fsp3) is 0.938. The third kappa shape index (κ3) is 5.50. The summed E-state index contributed by atoms with van der Waals surface area (Å²) in [5.74, 6) is 0. The maximum absolute atomic E-state index is 9.32. The van der Waals surface area contributed by atoms with Crippen molar-refractivity contribution in [3.63, 3.8) is 0 Å². The molecule has 1 N–H and O–H groups in total. The van der Waals surface area contributed by atoms with Gasteiger partial charge in [0.2, 0.25) is 0 Å². The van der Waals surface area contributed by atoms with Gasteiger partial charge in [0.25, 0.3) is 0 Å². The van der Waals surface area contributed by atoms with E-state index in [1.165, 1.54) is 32.2 Å². The first-order valence-corrected chi connectivity index (χ1v) is 8.05. The molecule has 19 heavy (non-hydrogen) atoms. The second-order valence-corrected chi connectivity index (χ2v) is 6.07. The van der Waals surface area contributed by atoms with Crippen molar-refractivity contribution < 1.29 is 0 Å². The summed E-state index contributed by atoms with van der Waals surface area (Å²) >= 11 is 0. The summed E-state index contributed by atoms with van der Waals surface area (Å²) in [7, 11) is 0. The van der Waals surface area contributed by atoms with E-state index in [4.69, 9.17) is 0 Å². The molecule has 0 aliphatic carbocycles. The summed E-state index contributed by atoms with van der Waals surface area (Å²) in [6.45, 7) is 9.82. The Balaban J connectivity index is 2.33. The average molecular weight is 265 g/mol. The molecule has 2 unspecified atom stereocenters. The molecule has 0 radical (unpaired) electrons. The van der Waals surface area contributed by atoms with E-state index >= 15 is 0 Å². The van der Waals surface area contributed by atoms with Gasteiger partial charge in [0.15, 0.2) is 0 Å². The van der Waals surface area contributed by atoms with Crippen LogP contribution in [0.15, 0.2) is 0 Å². The maximum atomic E-state index is 9.32. The van der Waals surface area contributed by atoms with Crippen molar-refractivity contribution >= 4 is 0 Å². The Labute approximate surface area is 119 Å². The van der Waals surface area contributed by atoms with Gasteiger partial charge in [0, 0.05) is 6.04 Å². The molecule has 2 atom stereocenters. The van der Waals surface area contributed by atoms with Crippen LogP contribution in [0.5, 0.6) is 0 Å². The zero-order valence-electron chi connectivity index (χ0n) is 13.0. The third-order valence-corrected chi connectivity index (χ3v) is 4.35. The molecule has 110 valence electrons. The first kappa shape index (κ1) is 16.5. The summed E-state index contributed by atoms with van der Waals surface area (Å²) < 4.78 is 0. The van der Waals surface area contributed by atoms with Gasteiger partial charge in [-0.05, 0) is 65.1 Å². The number of nitrogens with zero attached hydrogens (tertiary/aromatic N) is 2. The molecule has 0 spiro atoms. The first-order chi connectivity index (χ1) is 9.15. The molecule has 0 bridgehead atoms. The first-order valence-electron chi connectivity index (χ1n) is 8.05. The van der Waals surface area contributed by atoms with Gasteiger partial charge in [-0.2, -0.15) is 5.26 Å². The SMILES string of the molecule is CCCNC(C)(C#N)CCCN1CCCCC1CC. The van der Waals surface area contributed by atoms with Gasteiger partial charge >= 0.3 is 0 Å². The van der Waals surface area contributed by atoms with Crippen LogP contribution in [0.4, 0.5) is 0 Å². The largest absolute Gasteiger partial charge is 0.300 e. The van der Waals surface area contributed by atoms with Crippen molar-refractivity contribution in [1.29, 1.82) is 5.26 Å². The number of nitrogens with one attached hydrogen (secondary N) is 1. The summed E-state index contributed by atoms with van der Waals surface area (Å²) in [6.07, 6.45) is 8.53. The van der Waals surface area contributed by atoms with Crippen LogP contribution in [0.25, 0.3) is 0 Å². The molecule has 0 aromatic rings. The minimum Gasteiger partial charge on any atom is -0.300 e. The lowest BCUT2D eigenvalue weighted by Crippen LogP contribution is -2.43. The molecule has 0 amide bonds. The molecule has 3 heteroatoms. The Morgan fingerprint density at radius 3 is 2.79 bits per heavy atom. The monoisotopic (exact) mass is 265 g/mol. The predicted molar refractivity (Wildman–Crippen MR) is 81.0 cm³/mol. The Hall–Kier alpha value is -0.590. The van der Waals surface area contributed by atoms with Crippen LogP contribution >= 0.6 is 0 Å². The fourth-order valence-corrected chi connectivity index (χ4v) is 3.04. The zero-order chi connectivity index (χ0) is 14.1. The topological polar surface area (TPSA) is 39.1 Å². The highest BCUT2D eigenvalue weighted by atomic mass is 15.2. The molecule has 1 heterocycles. The molecule has 1 rings (SSSR count). The minimum atomic E-state index is -0.340. The number of hydrogen-bond acceptors (Lipinski definition) is 3. The van der Waals surface area contributed by atoms with Crippen molar-refractivity contribution in [2.45, 2.75) is 77.3 Å². The highest BCUT2D eigenvalue weighted by Gasteiger charge is 2.24. The lowest BCUT2D eigenvalue weighted by molar-refractivity contribution is 0.139.